The van der Waals surface area contributed by atoms with Gasteiger partial charge in [-0.3, -0.25) is 10.1 Å². The van der Waals surface area contributed by atoms with Crippen LogP contribution >= 0.6 is 0 Å². The van der Waals surface area contributed by atoms with E-state index in [-0.39, 0.29) is 18.0 Å². The quantitative estimate of drug-likeness (QED) is 0.358. The molecule has 0 amide bonds. The molecule has 0 atom stereocenters. The van der Waals surface area contributed by atoms with Crippen molar-refractivity contribution >= 4 is 17.7 Å². The number of ether oxygens (including phenoxy) is 1. The average Bonchev–Trinajstić information content (AvgIpc) is 2.35. The second kappa shape index (κ2) is 7.08. The van der Waals surface area contributed by atoms with Gasteiger partial charge in [-0.25, -0.2) is 4.79 Å². The number of nitro groups is 1. The van der Waals surface area contributed by atoms with E-state index in [1.54, 1.807) is 0 Å². The van der Waals surface area contributed by atoms with Crippen LogP contribution in [0.15, 0.2) is 36.4 Å². The standard InChI is InChI=1S/C14H15NO5/c1-10(2)7-8-20-13-9-11(4-6-14(16)17)3-5-12(13)15(18)19/h3-6,9H,1,7-8H2,2H3,(H,16,17)/b6-4+. The first-order valence-corrected chi connectivity index (χ1v) is 5.87. The van der Waals surface area contributed by atoms with Crippen molar-refractivity contribution < 1.29 is 19.6 Å². The van der Waals surface area contributed by atoms with Crippen LogP contribution in [0.25, 0.3) is 6.08 Å². The Morgan fingerprint density at radius 3 is 2.80 bits per heavy atom. The molecule has 0 aliphatic rings. The van der Waals surface area contributed by atoms with E-state index < -0.39 is 10.9 Å². The molecule has 0 spiro atoms. The van der Waals surface area contributed by atoms with Crippen LogP contribution in [0, 0.1) is 10.1 Å². The van der Waals surface area contributed by atoms with Gasteiger partial charge in [0, 0.05) is 18.6 Å². The Balaban J connectivity index is 2.96. The minimum absolute atomic E-state index is 0.115. The molecular weight excluding hydrogens is 262 g/mol. The van der Waals surface area contributed by atoms with E-state index in [1.807, 2.05) is 6.92 Å². The molecule has 106 valence electrons. The number of nitrogens with zero attached hydrogens (tertiary/aromatic N) is 1. The fourth-order valence-corrected chi connectivity index (χ4v) is 1.40. The molecule has 0 saturated carbocycles. The maximum Gasteiger partial charge on any atom is 0.328 e. The zero-order chi connectivity index (χ0) is 15.1. The van der Waals surface area contributed by atoms with Crippen LogP contribution in [0.2, 0.25) is 0 Å². The van der Waals surface area contributed by atoms with E-state index >= 15 is 0 Å². The molecule has 0 fully saturated rings. The van der Waals surface area contributed by atoms with Crippen molar-refractivity contribution in [2.24, 2.45) is 0 Å². The Hall–Kier alpha value is -2.63. The highest BCUT2D eigenvalue weighted by Crippen LogP contribution is 2.28. The Labute approximate surface area is 116 Å². The van der Waals surface area contributed by atoms with Crippen molar-refractivity contribution in [3.05, 3.63) is 52.1 Å². The fraction of sp³-hybridized carbons (Fsp3) is 0.214. The van der Waals surface area contributed by atoms with Crippen molar-refractivity contribution in [1.29, 1.82) is 0 Å². The largest absolute Gasteiger partial charge is 0.486 e. The van der Waals surface area contributed by atoms with Crippen molar-refractivity contribution in [3.63, 3.8) is 0 Å². The zero-order valence-electron chi connectivity index (χ0n) is 11.0. The third kappa shape index (κ3) is 4.93. The lowest BCUT2D eigenvalue weighted by atomic mass is 10.1. The lowest BCUT2D eigenvalue weighted by molar-refractivity contribution is -0.385. The number of hydrogen-bond donors (Lipinski definition) is 1. The molecule has 0 heterocycles. The van der Waals surface area contributed by atoms with Gasteiger partial charge in [-0.15, -0.1) is 6.58 Å². The summed E-state index contributed by atoms with van der Waals surface area (Å²) in [6.45, 7) is 5.84. The molecule has 20 heavy (non-hydrogen) atoms. The maximum atomic E-state index is 10.9. The maximum absolute atomic E-state index is 10.9. The van der Waals surface area contributed by atoms with Crippen LogP contribution < -0.4 is 4.74 Å². The van der Waals surface area contributed by atoms with Crippen molar-refractivity contribution in [1.82, 2.24) is 0 Å². The fourth-order valence-electron chi connectivity index (χ4n) is 1.40. The highest BCUT2D eigenvalue weighted by molar-refractivity contribution is 5.85. The van der Waals surface area contributed by atoms with Gasteiger partial charge in [0.05, 0.1) is 11.5 Å². The van der Waals surface area contributed by atoms with E-state index in [4.69, 9.17) is 9.84 Å². The summed E-state index contributed by atoms with van der Waals surface area (Å²) >= 11 is 0. The number of benzene rings is 1. The van der Waals surface area contributed by atoms with Gasteiger partial charge in [0.15, 0.2) is 5.75 Å². The first-order chi connectivity index (χ1) is 9.40. The van der Waals surface area contributed by atoms with Crippen molar-refractivity contribution in [2.75, 3.05) is 6.61 Å². The molecule has 0 saturated heterocycles. The summed E-state index contributed by atoms with van der Waals surface area (Å²) in [6.07, 6.45) is 2.89. The molecule has 0 bridgehead atoms. The summed E-state index contributed by atoms with van der Waals surface area (Å²) in [5.41, 5.74) is 1.28. The number of rotatable bonds is 7. The molecule has 0 aliphatic heterocycles. The number of nitro benzene ring substituents is 1. The van der Waals surface area contributed by atoms with Gasteiger partial charge >= 0.3 is 11.7 Å². The second-order valence-electron chi connectivity index (χ2n) is 4.21. The summed E-state index contributed by atoms with van der Waals surface area (Å²) in [5, 5.41) is 19.4. The van der Waals surface area contributed by atoms with E-state index in [0.717, 1.165) is 11.6 Å². The molecule has 0 aromatic heterocycles. The Morgan fingerprint density at radius 2 is 2.25 bits per heavy atom. The first-order valence-electron chi connectivity index (χ1n) is 5.87. The van der Waals surface area contributed by atoms with Crippen molar-refractivity contribution in [3.8, 4) is 5.75 Å². The van der Waals surface area contributed by atoms with Gasteiger partial charge in [-0.05, 0) is 30.7 Å². The number of carbonyl (C=O) groups is 1. The highest BCUT2D eigenvalue weighted by Gasteiger charge is 2.15. The molecule has 1 aromatic rings. The smallest absolute Gasteiger partial charge is 0.328 e. The third-order valence-corrected chi connectivity index (χ3v) is 2.39. The van der Waals surface area contributed by atoms with Crippen LogP contribution in [0.3, 0.4) is 0 Å². The summed E-state index contributed by atoms with van der Waals surface area (Å²) in [5.74, 6) is -0.975. The predicted molar refractivity (Wildman–Crippen MR) is 74.7 cm³/mol. The number of carboxylic acid groups (broad SMARTS) is 1. The molecule has 1 aromatic carbocycles. The molecule has 1 rings (SSSR count). The highest BCUT2D eigenvalue weighted by atomic mass is 16.6. The molecule has 6 heteroatoms. The Morgan fingerprint density at radius 1 is 1.55 bits per heavy atom. The number of hydrogen-bond acceptors (Lipinski definition) is 4. The van der Waals surface area contributed by atoms with Gasteiger partial charge in [-0.2, -0.15) is 0 Å². The normalized spacial score (nSPS) is 10.4. The van der Waals surface area contributed by atoms with Gasteiger partial charge in [0.1, 0.15) is 0 Å². The van der Waals surface area contributed by atoms with Crippen LogP contribution in [0.5, 0.6) is 5.75 Å². The van der Waals surface area contributed by atoms with Gasteiger partial charge in [0.2, 0.25) is 0 Å². The van der Waals surface area contributed by atoms with E-state index in [0.29, 0.717) is 12.0 Å². The Kier molecular flexibility index (Phi) is 5.46. The van der Waals surface area contributed by atoms with Gasteiger partial charge in [-0.1, -0.05) is 5.57 Å². The van der Waals surface area contributed by atoms with E-state index in [9.17, 15) is 14.9 Å². The molecule has 1 N–H and O–H groups in total. The van der Waals surface area contributed by atoms with Gasteiger partial charge < -0.3 is 9.84 Å². The molecule has 6 nitrogen and oxygen atoms in total. The van der Waals surface area contributed by atoms with E-state index in [2.05, 4.69) is 6.58 Å². The molecule has 0 unspecified atom stereocenters. The van der Waals surface area contributed by atoms with Crippen LogP contribution in [-0.2, 0) is 4.79 Å². The van der Waals surface area contributed by atoms with E-state index in [1.165, 1.54) is 24.3 Å². The summed E-state index contributed by atoms with van der Waals surface area (Å²) in [6, 6.07) is 4.19. The minimum atomic E-state index is -1.09. The summed E-state index contributed by atoms with van der Waals surface area (Å²) in [7, 11) is 0. The average molecular weight is 277 g/mol. The monoisotopic (exact) mass is 277 g/mol. The van der Waals surface area contributed by atoms with Crippen LogP contribution in [-0.4, -0.2) is 22.6 Å². The van der Waals surface area contributed by atoms with Gasteiger partial charge in [0.25, 0.3) is 0 Å². The zero-order valence-corrected chi connectivity index (χ0v) is 11.0. The minimum Gasteiger partial charge on any atom is -0.486 e. The van der Waals surface area contributed by atoms with Crippen LogP contribution in [0.1, 0.15) is 18.9 Å². The topological polar surface area (TPSA) is 89.7 Å². The van der Waals surface area contributed by atoms with Crippen LogP contribution in [0.4, 0.5) is 5.69 Å². The lowest BCUT2D eigenvalue weighted by Gasteiger charge is -2.07. The van der Waals surface area contributed by atoms with Crippen molar-refractivity contribution in [2.45, 2.75) is 13.3 Å². The third-order valence-electron chi connectivity index (χ3n) is 2.39. The molecular formula is C14H15NO5. The number of carboxylic acids is 1. The number of aliphatic carboxylic acids is 1. The Bertz CT molecular complexity index is 563. The first kappa shape index (κ1) is 15.4. The second-order valence-corrected chi connectivity index (χ2v) is 4.21. The molecule has 0 aliphatic carbocycles. The lowest BCUT2D eigenvalue weighted by Crippen LogP contribution is -2.01. The summed E-state index contributed by atoms with van der Waals surface area (Å²) < 4.78 is 5.37. The SMILES string of the molecule is C=C(C)CCOc1cc(/C=C/C(=O)O)ccc1[N+](=O)[O-]. The summed E-state index contributed by atoms with van der Waals surface area (Å²) in [4.78, 5) is 20.8. The molecule has 0 radical (unpaired) electrons. The predicted octanol–water partition coefficient (Wildman–Crippen LogP) is 3.04.